The highest BCUT2D eigenvalue weighted by molar-refractivity contribution is 5.87. The Bertz CT molecular complexity index is 1850. The lowest BCUT2D eigenvalue weighted by Crippen LogP contribution is -2.58. The predicted molar refractivity (Wildman–Crippen MR) is 150 cm³/mol. The van der Waals surface area contributed by atoms with Gasteiger partial charge in [-0.3, -0.25) is 4.40 Å². The van der Waals surface area contributed by atoms with Crippen LogP contribution in [0.1, 0.15) is 25.3 Å². The van der Waals surface area contributed by atoms with E-state index in [1.165, 1.54) is 0 Å². The molecule has 3 heterocycles. The number of benzene rings is 3. The Morgan fingerprint density at radius 3 is 2.18 bits per heavy atom. The fourth-order valence-corrected chi connectivity index (χ4v) is 5.78. The molecule has 6 aromatic rings. The molecular formula is C31H26N6O2. The summed E-state index contributed by atoms with van der Waals surface area (Å²) in [5.74, 6) is 0.720. The molecule has 3 aromatic heterocycles. The van der Waals surface area contributed by atoms with Crippen molar-refractivity contribution in [3.05, 3.63) is 96.6 Å². The molecule has 7 rings (SSSR count). The molecule has 1 aliphatic rings. The van der Waals surface area contributed by atoms with Gasteiger partial charge in [-0.05, 0) is 49.6 Å². The van der Waals surface area contributed by atoms with Crippen LogP contribution in [0.2, 0.25) is 0 Å². The summed E-state index contributed by atoms with van der Waals surface area (Å²) in [5.41, 5.74) is 12.3. The van der Waals surface area contributed by atoms with Crippen LogP contribution in [0.15, 0.2) is 91.0 Å². The summed E-state index contributed by atoms with van der Waals surface area (Å²) < 4.78 is 1.87. The lowest BCUT2D eigenvalue weighted by Gasteiger charge is -2.49. The Hall–Kier alpha value is -4.66. The summed E-state index contributed by atoms with van der Waals surface area (Å²) in [6.45, 7) is 1.82. The molecule has 1 aliphatic carbocycles. The summed E-state index contributed by atoms with van der Waals surface area (Å²) in [7, 11) is 0. The van der Waals surface area contributed by atoms with Crippen molar-refractivity contribution in [2.45, 2.75) is 30.9 Å². The first kappa shape index (κ1) is 23.5. The Balaban J connectivity index is 1.42. The van der Waals surface area contributed by atoms with E-state index < -0.39 is 11.1 Å². The molecule has 0 spiro atoms. The molecule has 8 heteroatoms. The number of phenolic OH excluding ortho intramolecular Hbond substituents is 1. The van der Waals surface area contributed by atoms with Crippen molar-refractivity contribution >= 4 is 16.8 Å². The quantitative estimate of drug-likeness (QED) is 0.300. The largest absolute Gasteiger partial charge is 0.508 e. The number of nitrogens with two attached hydrogens (primary N) is 1. The van der Waals surface area contributed by atoms with Gasteiger partial charge in [0, 0.05) is 22.2 Å². The molecule has 39 heavy (non-hydrogen) atoms. The van der Waals surface area contributed by atoms with E-state index in [-0.39, 0.29) is 5.75 Å². The Kier molecular flexibility index (Phi) is 5.07. The van der Waals surface area contributed by atoms with Crippen LogP contribution in [0.3, 0.4) is 0 Å². The molecule has 192 valence electrons. The number of fused-ring (bicyclic) bond motifs is 3. The number of aromatic nitrogens is 5. The molecular weight excluding hydrogens is 488 g/mol. The van der Waals surface area contributed by atoms with Gasteiger partial charge in [-0.15, -0.1) is 10.2 Å². The number of phenols is 1. The Morgan fingerprint density at radius 2 is 1.46 bits per heavy atom. The van der Waals surface area contributed by atoms with Gasteiger partial charge in [-0.1, -0.05) is 66.7 Å². The van der Waals surface area contributed by atoms with Crippen LogP contribution in [-0.2, 0) is 5.54 Å². The van der Waals surface area contributed by atoms with Gasteiger partial charge >= 0.3 is 0 Å². The molecule has 3 aromatic carbocycles. The van der Waals surface area contributed by atoms with Gasteiger partial charge in [0.05, 0.1) is 17.0 Å². The van der Waals surface area contributed by atoms with E-state index in [9.17, 15) is 10.2 Å². The van der Waals surface area contributed by atoms with E-state index in [4.69, 9.17) is 15.7 Å². The van der Waals surface area contributed by atoms with Gasteiger partial charge in [0.1, 0.15) is 11.3 Å². The Labute approximate surface area is 224 Å². The number of aliphatic hydroxyl groups is 1. The van der Waals surface area contributed by atoms with E-state index in [2.05, 4.69) is 10.2 Å². The molecule has 4 N–H and O–H groups in total. The Morgan fingerprint density at radius 1 is 0.769 bits per heavy atom. The number of nitrogens with zero attached hydrogens (tertiary/aromatic N) is 5. The van der Waals surface area contributed by atoms with Crippen LogP contribution < -0.4 is 5.73 Å². The zero-order valence-corrected chi connectivity index (χ0v) is 21.3. The highest BCUT2D eigenvalue weighted by atomic mass is 16.3. The molecule has 0 atom stereocenters. The van der Waals surface area contributed by atoms with Gasteiger partial charge in [0.15, 0.2) is 17.1 Å². The second kappa shape index (κ2) is 8.42. The fourth-order valence-electron chi connectivity index (χ4n) is 5.78. The zero-order chi connectivity index (χ0) is 26.8. The maximum atomic E-state index is 10.2. The highest BCUT2D eigenvalue weighted by Gasteiger charge is 2.49. The average molecular weight is 515 g/mol. The first-order valence-electron chi connectivity index (χ1n) is 12.8. The fraction of sp³-hybridized carbons (Fsp3) is 0.161. The maximum absolute atomic E-state index is 10.2. The van der Waals surface area contributed by atoms with Crippen molar-refractivity contribution in [2.24, 2.45) is 5.73 Å². The number of hydrogen-bond acceptors (Lipinski definition) is 7. The molecule has 1 saturated carbocycles. The van der Waals surface area contributed by atoms with Crippen LogP contribution in [0, 0.1) is 0 Å². The van der Waals surface area contributed by atoms with Gasteiger partial charge in [-0.25, -0.2) is 9.97 Å². The lowest BCUT2D eigenvalue weighted by molar-refractivity contribution is -0.0738. The summed E-state index contributed by atoms with van der Waals surface area (Å²) in [6.07, 6.45) is 1.06. The van der Waals surface area contributed by atoms with Crippen molar-refractivity contribution < 1.29 is 10.2 Å². The molecule has 0 bridgehead atoms. The van der Waals surface area contributed by atoms with Crippen molar-refractivity contribution in [2.75, 3.05) is 0 Å². The van der Waals surface area contributed by atoms with Gasteiger partial charge in [0.2, 0.25) is 0 Å². The predicted octanol–water partition coefficient (Wildman–Crippen LogP) is 5.08. The first-order chi connectivity index (χ1) is 18.8. The van der Waals surface area contributed by atoms with Gasteiger partial charge in [0.25, 0.3) is 0 Å². The van der Waals surface area contributed by atoms with Crippen molar-refractivity contribution in [3.8, 4) is 39.7 Å². The van der Waals surface area contributed by atoms with Crippen molar-refractivity contribution in [1.29, 1.82) is 0 Å². The standard InChI is InChI=1S/C31H26N6O2/c1-30(39)17-31(32,18-30)22-12-10-20(11-13-22)26-27(19-6-3-2-4-7-19)34-29-24(33-26)14-15-25-35-36-28(37(25)29)21-8-5-9-23(38)16-21/h2-16,38-39H,17-18,32H2,1H3/t30-,31-. The number of hydrogen-bond donors (Lipinski definition) is 3. The SMILES string of the molecule is C[C@]1(O)C[C@@](N)(c2ccc(-c3nc4ccc5nnc(-c6cccc(O)c6)n5c4nc3-c3ccccc3)cc2)C1. The minimum Gasteiger partial charge on any atom is -0.508 e. The van der Waals surface area contributed by atoms with Crippen LogP contribution >= 0.6 is 0 Å². The second-order valence-electron chi connectivity index (χ2n) is 10.7. The van der Waals surface area contributed by atoms with Gasteiger partial charge in [-0.2, -0.15) is 0 Å². The van der Waals surface area contributed by atoms with Crippen LogP contribution in [0.25, 0.3) is 50.7 Å². The average Bonchev–Trinajstić information content (AvgIpc) is 3.37. The van der Waals surface area contributed by atoms with Crippen LogP contribution in [0.4, 0.5) is 0 Å². The third-order valence-corrected chi connectivity index (χ3v) is 7.47. The monoisotopic (exact) mass is 514 g/mol. The number of pyridine rings is 1. The van der Waals surface area contributed by atoms with E-state index in [1.54, 1.807) is 18.2 Å². The minimum absolute atomic E-state index is 0.149. The third kappa shape index (κ3) is 3.93. The molecule has 0 saturated heterocycles. The summed E-state index contributed by atoms with van der Waals surface area (Å²) in [5, 5.41) is 29.1. The molecule has 0 aliphatic heterocycles. The third-order valence-electron chi connectivity index (χ3n) is 7.47. The van der Waals surface area contributed by atoms with Crippen LogP contribution in [-0.4, -0.2) is 40.4 Å². The number of aromatic hydroxyl groups is 1. The maximum Gasteiger partial charge on any atom is 0.170 e. The molecule has 0 radical (unpaired) electrons. The number of rotatable bonds is 4. The smallest absolute Gasteiger partial charge is 0.170 e. The molecule has 1 fully saturated rings. The summed E-state index contributed by atoms with van der Waals surface area (Å²) in [6, 6.07) is 28.7. The second-order valence-corrected chi connectivity index (χ2v) is 10.7. The minimum atomic E-state index is -0.720. The highest BCUT2D eigenvalue weighted by Crippen LogP contribution is 2.46. The first-order valence-corrected chi connectivity index (χ1v) is 12.8. The normalized spacial score (nSPS) is 20.8. The van der Waals surface area contributed by atoms with E-state index in [0.717, 1.165) is 33.6 Å². The van der Waals surface area contributed by atoms with Gasteiger partial charge < -0.3 is 15.9 Å². The van der Waals surface area contributed by atoms with E-state index in [0.29, 0.717) is 35.5 Å². The summed E-state index contributed by atoms with van der Waals surface area (Å²) in [4.78, 5) is 10.2. The zero-order valence-electron chi connectivity index (χ0n) is 21.3. The molecule has 0 amide bonds. The molecule has 8 nitrogen and oxygen atoms in total. The van der Waals surface area contributed by atoms with E-state index in [1.807, 2.05) is 84.1 Å². The van der Waals surface area contributed by atoms with Crippen molar-refractivity contribution in [3.63, 3.8) is 0 Å². The summed E-state index contributed by atoms with van der Waals surface area (Å²) >= 11 is 0. The topological polar surface area (TPSA) is 122 Å². The molecule has 0 unspecified atom stereocenters. The van der Waals surface area contributed by atoms with Crippen LogP contribution in [0.5, 0.6) is 5.75 Å². The van der Waals surface area contributed by atoms with Crippen molar-refractivity contribution in [1.82, 2.24) is 24.6 Å². The van der Waals surface area contributed by atoms with E-state index >= 15 is 0 Å². The lowest BCUT2D eigenvalue weighted by atomic mass is 9.63.